The molecule has 0 saturated heterocycles. The highest BCUT2D eigenvalue weighted by Crippen LogP contribution is 2.29. The van der Waals surface area contributed by atoms with Crippen LogP contribution in [0.3, 0.4) is 0 Å². The molecule has 6 nitrogen and oxygen atoms in total. The number of alkyl halides is 1. The van der Waals surface area contributed by atoms with Crippen LogP contribution >= 0.6 is 0 Å². The molecule has 0 amide bonds. The van der Waals surface area contributed by atoms with Gasteiger partial charge in [0.2, 0.25) is 5.88 Å². The fourth-order valence-electron chi connectivity index (χ4n) is 3.63. The Bertz CT molecular complexity index is 962. The molecule has 0 radical (unpaired) electrons. The molecule has 0 unspecified atom stereocenters. The molecule has 0 aliphatic carbocycles. The smallest absolute Gasteiger partial charge is 0.262 e. The van der Waals surface area contributed by atoms with E-state index in [1.807, 2.05) is 18.2 Å². The van der Waals surface area contributed by atoms with Crippen molar-refractivity contribution >= 4 is 15.7 Å². The molecule has 0 atom stereocenters. The van der Waals surface area contributed by atoms with Gasteiger partial charge in [-0.2, -0.15) is 0 Å². The SMILES string of the molecule is COc1nc2c(cc1NS(=O)(=O)c1ccc(C(C)C)cc1)CCN(CCCF)CC2. The van der Waals surface area contributed by atoms with E-state index < -0.39 is 10.0 Å². The lowest BCUT2D eigenvalue weighted by molar-refractivity contribution is 0.270. The van der Waals surface area contributed by atoms with E-state index in [0.717, 1.165) is 42.8 Å². The fourth-order valence-corrected chi connectivity index (χ4v) is 4.68. The maximum atomic E-state index is 12.9. The average Bonchev–Trinajstić information content (AvgIpc) is 2.93. The van der Waals surface area contributed by atoms with Crippen LogP contribution in [0.2, 0.25) is 0 Å². The number of anilines is 1. The molecule has 0 fully saturated rings. The van der Waals surface area contributed by atoms with E-state index >= 15 is 0 Å². The molecule has 8 heteroatoms. The molecule has 0 bridgehead atoms. The first-order valence-electron chi connectivity index (χ1n) is 10.3. The van der Waals surface area contributed by atoms with Crippen LogP contribution in [0.5, 0.6) is 5.88 Å². The molecule has 1 aromatic heterocycles. The quantitative estimate of drug-likeness (QED) is 0.683. The van der Waals surface area contributed by atoms with E-state index in [0.29, 0.717) is 24.6 Å². The Morgan fingerprint density at radius 1 is 1.20 bits per heavy atom. The number of nitrogens with zero attached hydrogens (tertiary/aromatic N) is 2. The lowest BCUT2D eigenvalue weighted by atomic mass is 10.0. The Kier molecular flexibility index (Phi) is 7.31. The minimum absolute atomic E-state index is 0.196. The van der Waals surface area contributed by atoms with Gasteiger partial charge in [0.05, 0.1) is 18.7 Å². The molecule has 30 heavy (non-hydrogen) atoms. The summed E-state index contributed by atoms with van der Waals surface area (Å²) in [6, 6.07) is 8.71. The standard InChI is InChI=1S/C22H30FN3O3S/c1-16(2)17-5-7-19(8-6-17)30(27,28)25-21-15-18-9-13-26(12-4-11-23)14-10-20(18)24-22(21)29-3/h5-8,15-16,25H,4,9-14H2,1-3H3. The van der Waals surface area contributed by atoms with Gasteiger partial charge in [0.1, 0.15) is 5.69 Å². The number of fused-ring (bicyclic) bond motifs is 1. The number of rotatable bonds is 8. The Hall–Kier alpha value is -2.19. The Morgan fingerprint density at radius 2 is 1.90 bits per heavy atom. The van der Waals surface area contributed by atoms with E-state index in [-0.39, 0.29) is 17.5 Å². The maximum absolute atomic E-state index is 12.9. The van der Waals surface area contributed by atoms with Crippen molar-refractivity contribution < 1.29 is 17.5 Å². The number of benzene rings is 1. The number of halogens is 1. The first-order valence-corrected chi connectivity index (χ1v) is 11.8. The molecular weight excluding hydrogens is 405 g/mol. The van der Waals surface area contributed by atoms with Crippen molar-refractivity contribution in [2.75, 3.05) is 38.1 Å². The van der Waals surface area contributed by atoms with Gasteiger partial charge in [0, 0.05) is 31.7 Å². The number of sulfonamides is 1. The van der Waals surface area contributed by atoms with Crippen molar-refractivity contribution in [3.8, 4) is 5.88 Å². The van der Waals surface area contributed by atoms with Crippen LogP contribution in [0.25, 0.3) is 0 Å². The molecule has 1 aliphatic heterocycles. The summed E-state index contributed by atoms with van der Waals surface area (Å²) >= 11 is 0. The summed E-state index contributed by atoms with van der Waals surface area (Å²) in [5.41, 5.74) is 3.31. The van der Waals surface area contributed by atoms with E-state index in [4.69, 9.17) is 4.74 Å². The van der Waals surface area contributed by atoms with Gasteiger partial charge in [-0.3, -0.25) is 9.11 Å². The first-order chi connectivity index (χ1) is 14.3. The van der Waals surface area contributed by atoms with Crippen molar-refractivity contribution in [2.24, 2.45) is 0 Å². The molecular formula is C22H30FN3O3S. The summed E-state index contributed by atoms with van der Waals surface area (Å²) in [7, 11) is -2.29. The van der Waals surface area contributed by atoms with E-state index in [1.165, 1.54) is 7.11 Å². The molecule has 0 spiro atoms. The second-order valence-electron chi connectivity index (χ2n) is 7.86. The van der Waals surface area contributed by atoms with Crippen LogP contribution in [-0.2, 0) is 22.9 Å². The molecule has 1 N–H and O–H groups in total. The highest BCUT2D eigenvalue weighted by molar-refractivity contribution is 7.92. The monoisotopic (exact) mass is 435 g/mol. The predicted octanol–water partition coefficient (Wildman–Crippen LogP) is 3.77. The fraction of sp³-hybridized carbons (Fsp3) is 0.500. The van der Waals surface area contributed by atoms with Gasteiger partial charge in [-0.25, -0.2) is 13.4 Å². The van der Waals surface area contributed by atoms with Crippen LogP contribution in [0, 0.1) is 0 Å². The average molecular weight is 436 g/mol. The van der Waals surface area contributed by atoms with E-state index in [2.05, 4.69) is 28.5 Å². The van der Waals surface area contributed by atoms with Gasteiger partial charge in [0.25, 0.3) is 10.0 Å². The minimum Gasteiger partial charge on any atom is -0.479 e. The Labute approximate surface area is 178 Å². The summed E-state index contributed by atoms with van der Waals surface area (Å²) in [5.74, 6) is 0.585. The lowest BCUT2D eigenvalue weighted by Gasteiger charge is -2.18. The van der Waals surface area contributed by atoms with Gasteiger partial charge in [-0.05, 0) is 48.1 Å². The minimum atomic E-state index is -3.77. The second kappa shape index (κ2) is 9.75. The zero-order valence-electron chi connectivity index (χ0n) is 17.8. The highest BCUT2D eigenvalue weighted by atomic mass is 32.2. The van der Waals surface area contributed by atoms with Gasteiger partial charge in [-0.15, -0.1) is 0 Å². The van der Waals surface area contributed by atoms with Crippen molar-refractivity contribution in [1.82, 2.24) is 9.88 Å². The van der Waals surface area contributed by atoms with Gasteiger partial charge in [0.15, 0.2) is 0 Å². The third-order valence-electron chi connectivity index (χ3n) is 5.42. The lowest BCUT2D eigenvalue weighted by Crippen LogP contribution is -2.27. The molecule has 164 valence electrons. The largest absolute Gasteiger partial charge is 0.479 e. The van der Waals surface area contributed by atoms with Crippen LogP contribution in [-0.4, -0.2) is 51.7 Å². The van der Waals surface area contributed by atoms with E-state index in [9.17, 15) is 12.8 Å². The normalized spacial score (nSPS) is 15.0. The van der Waals surface area contributed by atoms with Crippen LogP contribution in [0.4, 0.5) is 10.1 Å². The summed E-state index contributed by atoms with van der Waals surface area (Å²) in [6.07, 6.45) is 1.98. The summed E-state index contributed by atoms with van der Waals surface area (Å²) in [5, 5.41) is 0. The van der Waals surface area contributed by atoms with Crippen LogP contribution < -0.4 is 9.46 Å². The highest BCUT2D eigenvalue weighted by Gasteiger charge is 2.22. The molecule has 1 aromatic carbocycles. The maximum Gasteiger partial charge on any atom is 0.262 e. The number of hydrogen-bond acceptors (Lipinski definition) is 5. The van der Waals surface area contributed by atoms with Crippen molar-refractivity contribution in [2.45, 2.75) is 43.9 Å². The van der Waals surface area contributed by atoms with Crippen LogP contribution in [0.15, 0.2) is 35.2 Å². The number of pyridine rings is 1. The summed E-state index contributed by atoms with van der Waals surface area (Å²) < 4.78 is 46.4. The zero-order chi connectivity index (χ0) is 21.7. The number of methoxy groups -OCH3 is 1. The number of nitrogens with one attached hydrogen (secondary N) is 1. The van der Waals surface area contributed by atoms with Crippen LogP contribution in [0.1, 0.15) is 43.0 Å². The predicted molar refractivity (Wildman–Crippen MR) is 117 cm³/mol. The van der Waals surface area contributed by atoms with Gasteiger partial charge >= 0.3 is 0 Å². The van der Waals surface area contributed by atoms with Crippen molar-refractivity contribution in [3.63, 3.8) is 0 Å². The number of hydrogen-bond donors (Lipinski definition) is 1. The molecule has 2 aromatic rings. The first kappa shape index (κ1) is 22.5. The number of ether oxygens (including phenoxy) is 1. The summed E-state index contributed by atoms with van der Waals surface area (Å²) in [4.78, 5) is 6.98. The van der Waals surface area contributed by atoms with Gasteiger partial charge in [-0.1, -0.05) is 26.0 Å². The molecule has 0 saturated carbocycles. The molecule has 1 aliphatic rings. The second-order valence-corrected chi connectivity index (χ2v) is 9.55. The zero-order valence-corrected chi connectivity index (χ0v) is 18.6. The van der Waals surface area contributed by atoms with Crippen molar-refractivity contribution in [3.05, 3.63) is 47.2 Å². The topological polar surface area (TPSA) is 71.5 Å². The third kappa shape index (κ3) is 5.29. The summed E-state index contributed by atoms with van der Waals surface area (Å²) in [6.45, 7) is 6.12. The molecule has 3 rings (SSSR count). The Balaban J connectivity index is 1.83. The number of aromatic nitrogens is 1. The molecule has 2 heterocycles. The van der Waals surface area contributed by atoms with Gasteiger partial charge < -0.3 is 9.64 Å². The van der Waals surface area contributed by atoms with Crippen molar-refractivity contribution in [1.29, 1.82) is 0 Å². The van der Waals surface area contributed by atoms with E-state index in [1.54, 1.807) is 12.1 Å². The Morgan fingerprint density at radius 3 is 2.53 bits per heavy atom. The third-order valence-corrected chi connectivity index (χ3v) is 6.80.